The highest BCUT2D eigenvalue weighted by Crippen LogP contribution is 2.25. The van der Waals surface area contributed by atoms with E-state index in [9.17, 15) is 5.11 Å². The number of nitrogens with zero attached hydrogens (tertiary/aromatic N) is 3. The van der Waals surface area contributed by atoms with Gasteiger partial charge in [-0.05, 0) is 35.7 Å². The first-order valence-corrected chi connectivity index (χ1v) is 10.1. The van der Waals surface area contributed by atoms with Crippen LogP contribution in [0.1, 0.15) is 16.8 Å². The second kappa shape index (κ2) is 8.23. The Morgan fingerprint density at radius 2 is 1.79 bits per heavy atom. The second-order valence-corrected chi connectivity index (χ2v) is 7.39. The molecular weight excluding hydrogens is 366 g/mol. The molecule has 0 unspecified atom stereocenters. The summed E-state index contributed by atoms with van der Waals surface area (Å²) in [5.74, 6) is 0.221. The van der Waals surface area contributed by atoms with Crippen molar-refractivity contribution in [1.29, 1.82) is 0 Å². The number of benzene rings is 3. The lowest BCUT2D eigenvalue weighted by atomic mass is 10.0. The zero-order valence-electron chi connectivity index (χ0n) is 15.6. The van der Waals surface area contributed by atoms with Crippen molar-refractivity contribution in [2.24, 2.45) is 10.1 Å². The van der Waals surface area contributed by atoms with E-state index in [1.54, 1.807) is 23.6 Å². The molecule has 5 heteroatoms. The van der Waals surface area contributed by atoms with Crippen molar-refractivity contribution in [3.8, 4) is 5.75 Å². The fourth-order valence-corrected chi connectivity index (χ4v) is 3.93. The molecule has 0 aliphatic heterocycles. The van der Waals surface area contributed by atoms with Gasteiger partial charge in [-0.15, -0.1) is 11.3 Å². The molecule has 1 aromatic heterocycles. The third-order valence-corrected chi connectivity index (χ3v) is 5.56. The maximum Gasteiger partial charge on any atom is 0.205 e. The van der Waals surface area contributed by atoms with Crippen LogP contribution in [-0.4, -0.2) is 22.5 Å². The molecular formula is C23H21N3OS. The summed E-state index contributed by atoms with van der Waals surface area (Å²) in [7, 11) is 0. The van der Waals surface area contributed by atoms with Gasteiger partial charge >= 0.3 is 0 Å². The van der Waals surface area contributed by atoms with Crippen LogP contribution in [0.2, 0.25) is 0 Å². The van der Waals surface area contributed by atoms with Crippen LogP contribution in [0.25, 0.3) is 10.8 Å². The standard InChI is InChI=1S/C23H21N3OS/c1-17-16-28-23(24-14-13-18-7-3-2-4-8-18)26(17)25-15-21-20-10-6-5-9-19(20)11-12-22(21)27/h2-12,15-16,27H,13-14H2,1H3. The van der Waals surface area contributed by atoms with Crippen molar-refractivity contribution < 1.29 is 5.11 Å². The van der Waals surface area contributed by atoms with Crippen LogP contribution in [0, 0.1) is 6.92 Å². The summed E-state index contributed by atoms with van der Waals surface area (Å²) in [4.78, 5) is 5.58. The fraction of sp³-hybridized carbons (Fsp3) is 0.130. The SMILES string of the molecule is Cc1csc(=NCCc2ccccc2)n1N=Cc1c(O)ccc2ccccc12. The van der Waals surface area contributed by atoms with E-state index in [1.165, 1.54) is 5.56 Å². The molecule has 4 nitrogen and oxygen atoms in total. The van der Waals surface area contributed by atoms with E-state index >= 15 is 0 Å². The van der Waals surface area contributed by atoms with Crippen molar-refractivity contribution in [2.75, 3.05) is 6.54 Å². The first-order valence-electron chi connectivity index (χ1n) is 9.19. The average Bonchev–Trinajstić information content (AvgIpc) is 3.08. The first kappa shape index (κ1) is 18.2. The number of thiazole rings is 1. The normalized spacial score (nSPS) is 12.2. The molecule has 0 saturated carbocycles. The first-order chi connectivity index (χ1) is 13.7. The van der Waals surface area contributed by atoms with Crippen molar-refractivity contribution in [2.45, 2.75) is 13.3 Å². The number of aromatic nitrogens is 1. The molecule has 1 N–H and O–H groups in total. The van der Waals surface area contributed by atoms with E-state index in [2.05, 4.69) is 17.2 Å². The van der Waals surface area contributed by atoms with Crippen LogP contribution in [0.15, 0.2) is 82.2 Å². The molecule has 0 aliphatic carbocycles. The smallest absolute Gasteiger partial charge is 0.205 e. The number of rotatable bonds is 5. The molecule has 0 bridgehead atoms. The second-order valence-electron chi connectivity index (χ2n) is 6.55. The lowest BCUT2D eigenvalue weighted by Crippen LogP contribution is -2.13. The van der Waals surface area contributed by atoms with Crippen LogP contribution in [0.5, 0.6) is 5.75 Å². The summed E-state index contributed by atoms with van der Waals surface area (Å²) in [6.45, 7) is 2.71. The Labute approximate surface area is 167 Å². The summed E-state index contributed by atoms with van der Waals surface area (Å²) in [6.07, 6.45) is 2.61. The summed E-state index contributed by atoms with van der Waals surface area (Å²) in [5.41, 5.74) is 3.00. The Morgan fingerprint density at radius 1 is 1.00 bits per heavy atom. The van der Waals surface area contributed by atoms with E-state index < -0.39 is 0 Å². The molecule has 0 atom stereocenters. The molecule has 0 amide bonds. The van der Waals surface area contributed by atoms with Gasteiger partial charge in [-0.2, -0.15) is 5.10 Å². The largest absolute Gasteiger partial charge is 0.507 e. The van der Waals surface area contributed by atoms with Gasteiger partial charge in [-0.25, -0.2) is 4.68 Å². The Bertz CT molecular complexity index is 1190. The van der Waals surface area contributed by atoms with Crippen LogP contribution < -0.4 is 4.80 Å². The quantitative estimate of drug-likeness (QED) is 0.494. The van der Waals surface area contributed by atoms with Crippen LogP contribution in [0.4, 0.5) is 0 Å². The predicted molar refractivity (Wildman–Crippen MR) is 116 cm³/mol. The fourth-order valence-electron chi connectivity index (χ4n) is 3.09. The Kier molecular flexibility index (Phi) is 5.35. The highest BCUT2D eigenvalue weighted by atomic mass is 32.1. The van der Waals surface area contributed by atoms with Gasteiger partial charge in [-0.1, -0.05) is 60.7 Å². The van der Waals surface area contributed by atoms with Crippen molar-refractivity contribution in [3.63, 3.8) is 0 Å². The van der Waals surface area contributed by atoms with E-state index in [-0.39, 0.29) is 5.75 Å². The Balaban J connectivity index is 1.63. The number of hydrogen-bond donors (Lipinski definition) is 1. The number of phenolic OH excluding ortho intramolecular Hbond substituents is 1. The molecule has 0 aliphatic rings. The van der Waals surface area contributed by atoms with Crippen LogP contribution >= 0.6 is 11.3 Å². The summed E-state index contributed by atoms with van der Waals surface area (Å²) < 4.78 is 1.83. The maximum atomic E-state index is 10.3. The zero-order chi connectivity index (χ0) is 19.3. The lowest BCUT2D eigenvalue weighted by molar-refractivity contribution is 0.475. The Morgan fingerprint density at radius 3 is 2.64 bits per heavy atom. The number of aryl methyl sites for hydroxylation is 1. The minimum atomic E-state index is 0.221. The van der Waals surface area contributed by atoms with Crippen molar-refractivity contribution in [1.82, 2.24) is 4.68 Å². The molecule has 0 radical (unpaired) electrons. The lowest BCUT2D eigenvalue weighted by Gasteiger charge is -2.05. The monoisotopic (exact) mass is 387 g/mol. The summed E-state index contributed by atoms with van der Waals surface area (Å²) >= 11 is 1.57. The predicted octanol–water partition coefficient (Wildman–Crippen LogP) is 4.74. The van der Waals surface area contributed by atoms with Gasteiger partial charge in [0.1, 0.15) is 5.75 Å². The van der Waals surface area contributed by atoms with Gasteiger partial charge in [0.05, 0.1) is 11.9 Å². The number of fused-ring (bicyclic) bond motifs is 1. The number of phenols is 1. The molecule has 0 saturated heterocycles. The Hall–Kier alpha value is -3.18. The molecule has 3 aromatic carbocycles. The zero-order valence-corrected chi connectivity index (χ0v) is 16.4. The molecule has 28 heavy (non-hydrogen) atoms. The van der Waals surface area contributed by atoms with Crippen LogP contribution in [0.3, 0.4) is 0 Å². The van der Waals surface area contributed by atoms with E-state index in [1.807, 2.05) is 65.5 Å². The number of hydrogen-bond acceptors (Lipinski definition) is 4. The van der Waals surface area contributed by atoms with Gasteiger partial charge in [0, 0.05) is 17.5 Å². The van der Waals surface area contributed by atoms with Gasteiger partial charge in [0.2, 0.25) is 4.80 Å². The van der Waals surface area contributed by atoms with Crippen molar-refractivity contribution >= 4 is 28.3 Å². The van der Waals surface area contributed by atoms with E-state index in [0.717, 1.165) is 27.7 Å². The van der Waals surface area contributed by atoms with Gasteiger partial charge in [-0.3, -0.25) is 4.99 Å². The molecule has 4 aromatic rings. The molecule has 0 fully saturated rings. The summed E-state index contributed by atoms with van der Waals surface area (Å²) in [5, 5.41) is 19.0. The number of aromatic hydroxyl groups is 1. The van der Waals surface area contributed by atoms with E-state index in [0.29, 0.717) is 12.1 Å². The summed E-state index contributed by atoms with van der Waals surface area (Å²) in [6, 6.07) is 21.9. The average molecular weight is 388 g/mol. The van der Waals surface area contributed by atoms with Gasteiger partial charge in [0.15, 0.2) is 0 Å². The third-order valence-electron chi connectivity index (χ3n) is 4.59. The topological polar surface area (TPSA) is 49.9 Å². The van der Waals surface area contributed by atoms with Gasteiger partial charge in [0.25, 0.3) is 0 Å². The van der Waals surface area contributed by atoms with Crippen molar-refractivity contribution in [3.05, 3.63) is 93.7 Å². The molecule has 4 rings (SSSR count). The molecule has 1 heterocycles. The van der Waals surface area contributed by atoms with Gasteiger partial charge < -0.3 is 5.11 Å². The maximum absolute atomic E-state index is 10.3. The minimum Gasteiger partial charge on any atom is -0.507 e. The minimum absolute atomic E-state index is 0.221. The molecule has 0 spiro atoms. The highest BCUT2D eigenvalue weighted by Gasteiger charge is 2.05. The van der Waals surface area contributed by atoms with E-state index in [4.69, 9.17) is 4.99 Å². The highest BCUT2D eigenvalue weighted by molar-refractivity contribution is 7.07. The third kappa shape index (κ3) is 3.89. The molecule has 140 valence electrons. The van der Waals surface area contributed by atoms with Crippen LogP contribution in [-0.2, 0) is 6.42 Å².